The van der Waals surface area contributed by atoms with Crippen LogP contribution >= 0.6 is 0 Å². The van der Waals surface area contributed by atoms with E-state index < -0.39 is 0 Å². The Labute approximate surface area is 120 Å². The molecule has 4 atom stereocenters. The SMILES string of the molecule is C=C[C@@]12OC(c3ccc(OC)cc3)O[C@]1(C)CC2CC. The summed E-state index contributed by atoms with van der Waals surface area (Å²) in [5, 5.41) is 0. The quantitative estimate of drug-likeness (QED) is 0.780. The summed E-state index contributed by atoms with van der Waals surface area (Å²) < 4.78 is 17.7. The average molecular weight is 274 g/mol. The molecule has 0 bridgehead atoms. The number of benzene rings is 1. The summed E-state index contributed by atoms with van der Waals surface area (Å²) in [6, 6.07) is 7.86. The van der Waals surface area contributed by atoms with Crippen LogP contribution < -0.4 is 4.74 Å². The number of hydrogen-bond acceptors (Lipinski definition) is 3. The van der Waals surface area contributed by atoms with Gasteiger partial charge in [-0.3, -0.25) is 0 Å². The van der Waals surface area contributed by atoms with Gasteiger partial charge in [-0.15, -0.1) is 6.58 Å². The van der Waals surface area contributed by atoms with E-state index in [0.29, 0.717) is 5.92 Å². The maximum atomic E-state index is 6.28. The lowest BCUT2D eigenvalue weighted by Crippen LogP contribution is -2.64. The first kappa shape index (κ1) is 13.7. The lowest BCUT2D eigenvalue weighted by Gasteiger charge is -2.54. The summed E-state index contributed by atoms with van der Waals surface area (Å²) in [4.78, 5) is 0. The summed E-state index contributed by atoms with van der Waals surface area (Å²) in [5.74, 6) is 1.33. The molecule has 1 saturated carbocycles. The van der Waals surface area contributed by atoms with Gasteiger partial charge in [0.25, 0.3) is 0 Å². The Morgan fingerprint density at radius 1 is 1.35 bits per heavy atom. The molecule has 0 amide bonds. The first-order valence-electron chi connectivity index (χ1n) is 7.21. The first-order chi connectivity index (χ1) is 9.58. The van der Waals surface area contributed by atoms with Crippen LogP contribution in [0.4, 0.5) is 0 Å². The Hall–Kier alpha value is -1.32. The molecule has 0 radical (unpaired) electrons. The molecule has 0 spiro atoms. The van der Waals surface area contributed by atoms with Crippen LogP contribution in [0.1, 0.15) is 38.5 Å². The molecule has 1 aliphatic heterocycles. The highest BCUT2D eigenvalue weighted by molar-refractivity contribution is 5.31. The fourth-order valence-corrected chi connectivity index (χ4v) is 3.66. The fourth-order valence-electron chi connectivity index (χ4n) is 3.66. The molecule has 1 aromatic carbocycles. The molecule has 1 aliphatic carbocycles. The minimum absolute atomic E-state index is 0.250. The third-order valence-electron chi connectivity index (χ3n) is 4.92. The molecule has 20 heavy (non-hydrogen) atoms. The third kappa shape index (κ3) is 1.66. The predicted molar refractivity (Wildman–Crippen MR) is 77.6 cm³/mol. The van der Waals surface area contributed by atoms with Gasteiger partial charge in [-0.25, -0.2) is 0 Å². The fraction of sp³-hybridized carbons (Fsp3) is 0.529. The smallest absolute Gasteiger partial charge is 0.185 e. The van der Waals surface area contributed by atoms with Crippen LogP contribution in [0.25, 0.3) is 0 Å². The van der Waals surface area contributed by atoms with E-state index in [1.54, 1.807) is 7.11 Å². The molecular formula is C17H22O3. The second-order valence-corrected chi connectivity index (χ2v) is 5.88. The normalized spacial score (nSPS) is 39.0. The first-order valence-corrected chi connectivity index (χ1v) is 7.21. The van der Waals surface area contributed by atoms with Gasteiger partial charge in [0.1, 0.15) is 17.0 Å². The van der Waals surface area contributed by atoms with E-state index in [1.165, 1.54) is 0 Å². The maximum Gasteiger partial charge on any atom is 0.185 e. The van der Waals surface area contributed by atoms with E-state index in [0.717, 1.165) is 24.2 Å². The van der Waals surface area contributed by atoms with E-state index in [1.807, 2.05) is 30.3 Å². The average Bonchev–Trinajstić information content (AvgIpc) is 2.70. The minimum atomic E-state index is -0.341. The highest BCUT2D eigenvalue weighted by Gasteiger charge is 2.68. The molecule has 2 aliphatic rings. The van der Waals surface area contributed by atoms with E-state index in [9.17, 15) is 0 Å². The molecule has 1 aromatic rings. The van der Waals surface area contributed by atoms with Gasteiger partial charge in [0.2, 0.25) is 0 Å². The zero-order valence-corrected chi connectivity index (χ0v) is 12.4. The van der Waals surface area contributed by atoms with Crippen molar-refractivity contribution in [2.45, 2.75) is 44.2 Å². The van der Waals surface area contributed by atoms with Crippen molar-refractivity contribution in [1.29, 1.82) is 0 Å². The molecule has 2 unspecified atom stereocenters. The minimum Gasteiger partial charge on any atom is -0.497 e. The number of methoxy groups -OCH3 is 1. The molecular weight excluding hydrogens is 252 g/mol. The molecule has 1 heterocycles. The van der Waals surface area contributed by atoms with Crippen LogP contribution in [-0.2, 0) is 9.47 Å². The number of ether oxygens (including phenoxy) is 3. The highest BCUT2D eigenvalue weighted by atomic mass is 16.8. The van der Waals surface area contributed by atoms with Crippen molar-refractivity contribution in [2.24, 2.45) is 5.92 Å². The van der Waals surface area contributed by atoms with Crippen molar-refractivity contribution in [3.05, 3.63) is 42.5 Å². The van der Waals surface area contributed by atoms with Gasteiger partial charge >= 0.3 is 0 Å². The second-order valence-electron chi connectivity index (χ2n) is 5.88. The van der Waals surface area contributed by atoms with Crippen molar-refractivity contribution in [2.75, 3.05) is 7.11 Å². The Morgan fingerprint density at radius 3 is 2.60 bits per heavy atom. The number of rotatable bonds is 4. The standard InChI is InChI=1S/C17H22O3/c1-5-13-11-16(3)17(13,6-2)20-15(19-16)12-7-9-14(18-4)10-8-12/h6-10,13,15H,2,5,11H2,1,3-4H3/t13?,15?,16-,17+/m1/s1. The lowest BCUT2D eigenvalue weighted by atomic mass is 9.57. The Balaban J connectivity index is 1.86. The largest absolute Gasteiger partial charge is 0.497 e. The van der Waals surface area contributed by atoms with Crippen LogP contribution in [0, 0.1) is 5.92 Å². The van der Waals surface area contributed by atoms with Gasteiger partial charge in [0, 0.05) is 5.56 Å². The van der Waals surface area contributed by atoms with Gasteiger partial charge in [-0.1, -0.05) is 31.6 Å². The van der Waals surface area contributed by atoms with Gasteiger partial charge in [-0.2, -0.15) is 0 Å². The predicted octanol–water partition coefficient (Wildman–Crippen LogP) is 3.85. The van der Waals surface area contributed by atoms with Crippen molar-refractivity contribution in [1.82, 2.24) is 0 Å². The third-order valence-corrected chi connectivity index (χ3v) is 4.92. The monoisotopic (exact) mass is 274 g/mol. The van der Waals surface area contributed by atoms with Crippen molar-refractivity contribution < 1.29 is 14.2 Å². The lowest BCUT2D eigenvalue weighted by molar-refractivity contribution is -0.142. The molecule has 2 fully saturated rings. The van der Waals surface area contributed by atoms with Gasteiger partial charge < -0.3 is 14.2 Å². The van der Waals surface area contributed by atoms with E-state index in [-0.39, 0.29) is 17.5 Å². The zero-order chi connectivity index (χ0) is 14.4. The molecule has 0 N–H and O–H groups in total. The van der Waals surface area contributed by atoms with Crippen LogP contribution in [-0.4, -0.2) is 18.3 Å². The van der Waals surface area contributed by atoms with E-state index >= 15 is 0 Å². The van der Waals surface area contributed by atoms with Crippen molar-refractivity contribution in [3.63, 3.8) is 0 Å². The molecule has 3 heteroatoms. The Morgan fingerprint density at radius 2 is 2.05 bits per heavy atom. The summed E-state index contributed by atoms with van der Waals surface area (Å²) in [7, 11) is 1.66. The second kappa shape index (κ2) is 4.61. The molecule has 108 valence electrons. The van der Waals surface area contributed by atoms with Crippen LogP contribution in [0.2, 0.25) is 0 Å². The number of hydrogen-bond donors (Lipinski definition) is 0. The van der Waals surface area contributed by atoms with Crippen LogP contribution in [0.3, 0.4) is 0 Å². The maximum absolute atomic E-state index is 6.28. The summed E-state index contributed by atoms with van der Waals surface area (Å²) >= 11 is 0. The number of fused-ring (bicyclic) bond motifs is 1. The van der Waals surface area contributed by atoms with E-state index in [2.05, 4.69) is 20.4 Å². The van der Waals surface area contributed by atoms with Gasteiger partial charge in [0.05, 0.1) is 7.11 Å². The zero-order valence-electron chi connectivity index (χ0n) is 12.4. The summed E-state index contributed by atoms with van der Waals surface area (Å²) in [5.41, 5.74) is 0.435. The molecule has 3 rings (SSSR count). The van der Waals surface area contributed by atoms with Gasteiger partial charge in [0.15, 0.2) is 6.29 Å². The molecule has 0 aromatic heterocycles. The molecule has 3 nitrogen and oxygen atoms in total. The van der Waals surface area contributed by atoms with Gasteiger partial charge in [-0.05, 0) is 31.4 Å². The van der Waals surface area contributed by atoms with Crippen molar-refractivity contribution >= 4 is 0 Å². The summed E-state index contributed by atoms with van der Waals surface area (Å²) in [6.07, 6.45) is 3.73. The van der Waals surface area contributed by atoms with Crippen LogP contribution in [0.5, 0.6) is 5.75 Å². The Bertz CT molecular complexity index is 509. The van der Waals surface area contributed by atoms with Crippen LogP contribution in [0.15, 0.2) is 36.9 Å². The highest BCUT2D eigenvalue weighted by Crippen LogP contribution is 2.62. The summed E-state index contributed by atoms with van der Waals surface area (Å²) in [6.45, 7) is 8.31. The van der Waals surface area contributed by atoms with Crippen molar-refractivity contribution in [3.8, 4) is 5.75 Å². The van der Waals surface area contributed by atoms with E-state index in [4.69, 9.17) is 14.2 Å². The topological polar surface area (TPSA) is 27.7 Å². The Kier molecular flexibility index (Phi) is 3.14. The molecule has 1 saturated heterocycles.